The number of ether oxygens (including phenoxy) is 1. The summed E-state index contributed by atoms with van der Waals surface area (Å²) in [4.78, 5) is 0. The van der Waals surface area contributed by atoms with Crippen molar-refractivity contribution in [2.75, 3.05) is 6.61 Å². The third-order valence-electron chi connectivity index (χ3n) is 1.55. The Bertz CT molecular complexity index is 273. The number of para-hydroxylation sites is 1. The van der Waals surface area contributed by atoms with E-state index in [1.807, 2.05) is 30.3 Å². The van der Waals surface area contributed by atoms with Crippen LogP contribution in [0, 0.1) is 0 Å². The number of hydrogen-bond acceptors (Lipinski definition) is 1. The molecule has 0 saturated heterocycles. The molecule has 69 valence electrons. The predicted octanol–water partition coefficient (Wildman–Crippen LogP) is 0.638. The van der Waals surface area contributed by atoms with E-state index in [1.165, 1.54) is 5.56 Å². The van der Waals surface area contributed by atoms with Crippen LogP contribution in [0.5, 0.6) is 5.75 Å². The first kappa shape index (κ1) is 11.8. The molecule has 1 aliphatic heterocycles. The third kappa shape index (κ3) is 2.41. The van der Waals surface area contributed by atoms with Crippen LogP contribution in [0.4, 0.5) is 0 Å². The summed E-state index contributed by atoms with van der Waals surface area (Å²) in [5.74, 6) is 0.991. The van der Waals surface area contributed by atoms with Crippen LogP contribution >= 0.6 is 0 Å². The summed E-state index contributed by atoms with van der Waals surface area (Å²) >= 11 is 0. The molecule has 1 aromatic carbocycles. The summed E-state index contributed by atoms with van der Waals surface area (Å²) in [6.45, 7) is 0.705. The minimum atomic E-state index is 0. The van der Waals surface area contributed by atoms with Crippen molar-refractivity contribution in [3.8, 4) is 5.75 Å². The molecule has 0 amide bonds. The first-order chi connectivity index (χ1) is 4.97. The van der Waals surface area contributed by atoms with Gasteiger partial charge in [-0.3, -0.25) is 0 Å². The average molecular weight is 272 g/mol. The topological polar surface area (TPSA) is 9.23 Å². The monoisotopic (exact) mass is 273 g/mol. The molecule has 1 radical (unpaired) electrons. The average Bonchev–Trinajstić information content (AvgIpc) is 2.05. The zero-order chi connectivity index (χ0) is 6.81. The van der Waals surface area contributed by atoms with Crippen LogP contribution in [0.2, 0.25) is 0 Å². The SMILES string of the molecule is C1=Cc2ccccc2OC1.[Cu].[GeH4]. The van der Waals surface area contributed by atoms with Gasteiger partial charge in [0.25, 0.3) is 0 Å². The van der Waals surface area contributed by atoms with Gasteiger partial charge in [-0.2, -0.15) is 0 Å². The van der Waals surface area contributed by atoms with Crippen LogP contribution in [0.1, 0.15) is 5.56 Å². The molecule has 0 saturated carbocycles. The summed E-state index contributed by atoms with van der Waals surface area (Å²) in [7, 11) is 0. The number of benzene rings is 1. The summed E-state index contributed by atoms with van der Waals surface area (Å²) < 4.78 is 5.34. The second-order valence-corrected chi connectivity index (χ2v) is 2.25. The predicted molar refractivity (Wildman–Crippen MR) is 52.3 cm³/mol. The number of rotatable bonds is 0. The van der Waals surface area contributed by atoms with Gasteiger partial charge < -0.3 is 4.74 Å². The fourth-order valence-corrected chi connectivity index (χ4v) is 1.06. The Morgan fingerprint density at radius 1 is 1.17 bits per heavy atom. The Balaban J connectivity index is 0.000000605. The van der Waals surface area contributed by atoms with Crippen molar-refractivity contribution in [3.63, 3.8) is 0 Å². The van der Waals surface area contributed by atoms with E-state index in [4.69, 9.17) is 4.74 Å². The second-order valence-electron chi connectivity index (χ2n) is 2.25. The molecule has 0 aromatic heterocycles. The van der Waals surface area contributed by atoms with Crippen molar-refractivity contribution in [3.05, 3.63) is 35.9 Å². The first-order valence-electron chi connectivity index (χ1n) is 3.35. The molecule has 12 heavy (non-hydrogen) atoms. The normalized spacial score (nSPS) is 11.7. The van der Waals surface area contributed by atoms with Gasteiger partial charge in [0.1, 0.15) is 12.4 Å². The van der Waals surface area contributed by atoms with Gasteiger partial charge in [-0.15, -0.1) is 0 Å². The summed E-state index contributed by atoms with van der Waals surface area (Å²) in [5.41, 5.74) is 1.17. The molecule has 2 rings (SSSR count). The third-order valence-corrected chi connectivity index (χ3v) is 1.55. The zero-order valence-corrected chi connectivity index (χ0v) is 6.82. The molecule has 0 spiro atoms. The van der Waals surface area contributed by atoms with Gasteiger partial charge in [0.15, 0.2) is 0 Å². The van der Waals surface area contributed by atoms with E-state index in [2.05, 4.69) is 6.08 Å². The van der Waals surface area contributed by atoms with Crippen LogP contribution < -0.4 is 4.74 Å². The number of fused-ring (bicyclic) bond motifs is 1. The molecule has 3 heteroatoms. The van der Waals surface area contributed by atoms with Crippen LogP contribution in [0.25, 0.3) is 6.08 Å². The van der Waals surface area contributed by atoms with E-state index in [0.717, 1.165) is 5.75 Å². The Hall–Kier alpha value is -0.178. The molecule has 0 unspecified atom stereocenters. The van der Waals surface area contributed by atoms with E-state index in [9.17, 15) is 0 Å². The van der Waals surface area contributed by atoms with E-state index in [0.29, 0.717) is 6.61 Å². The van der Waals surface area contributed by atoms with Gasteiger partial charge in [-0.1, -0.05) is 24.3 Å². The fourth-order valence-electron chi connectivity index (χ4n) is 1.06. The van der Waals surface area contributed by atoms with Crippen molar-refractivity contribution in [1.29, 1.82) is 0 Å². The van der Waals surface area contributed by atoms with Crippen molar-refractivity contribution in [1.82, 2.24) is 0 Å². The van der Waals surface area contributed by atoms with Crippen LogP contribution in [0.15, 0.2) is 30.3 Å². The molecule has 0 aliphatic carbocycles. The van der Waals surface area contributed by atoms with E-state index < -0.39 is 0 Å². The van der Waals surface area contributed by atoms with Crippen molar-refractivity contribution < 1.29 is 21.8 Å². The first-order valence-corrected chi connectivity index (χ1v) is 3.35. The molecular weight excluding hydrogens is 260 g/mol. The summed E-state index contributed by atoms with van der Waals surface area (Å²) in [6, 6.07) is 8.03. The molecule has 1 aliphatic rings. The summed E-state index contributed by atoms with van der Waals surface area (Å²) in [5, 5.41) is 0. The van der Waals surface area contributed by atoms with Crippen molar-refractivity contribution in [2.24, 2.45) is 0 Å². The standard InChI is InChI=1S/C9H8O.Cu.GeH4/c1-2-6-9-8(4-1)5-3-7-10-9;;/h1-6H,7H2;;1H4. The van der Waals surface area contributed by atoms with Crippen LogP contribution in [0.3, 0.4) is 0 Å². The maximum atomic E-state index is 5.34. The van der Waals surface area contributed by atoms with Crippen molar-refractivity contribution in [2.45, 2.75) is 0 Å². The van der Waals surface area contributed by atoms with Crippen LogP contribution in [-0.4, -0.2) is 24.2 Å². The Kier molecular flexibility index (Phi) is 5.38. The molecule has 1 aromatic rings. The van der Waals surface area contributed by atoms with Crippen LogP contribution in [-0.2, 0) is 17.1 Å². The molecule has 0 fully saturated rings. The van der Waals surface area contributed by atoms with Gasteiger partial charge >= 0.3 is 17.6 Å². The minimum absolute atomic E-state index is 0. The van der Waals surface area contributed by atoms with Gasteiger partial charge in [0, 0.05) is 22.6 Å². The maximum absolute atomic E-state index is 5.34. The molecule has 1 heterocycles. The fraction of sp³-hybridized carbons (Fsp3) is 0.111. The van der Waals surface area contributed by atoms with Gasteiger partial charge in [-0.05, 0) is 12.1 Å². The molecule has 1 nitrogen and oxygen atoms in total. The van der Waals surface area contributed by atoms with Gasteiger partial charge in [0.05, 0.1) is 0 Å². The quantitative estimate of drug-likeness (QED) is 0.630. The van der Waals surface area contributed by atoms with Gasteiger partial charge in [-0.25, -0.2) is 0 Å². The second kappa shape index (κ2) is 5.46. The molecular formula is C9H12CuGeO. The molecule has 0 bridgehead atoms. The number of hydrogen-bond donors (Lipinski definition) is 0. The van der Waals surface area contributed by atoms with E-state index >= 15 is 0 Å². The summed E-state index contributed by atoms with van der Waals surface area (Å²) in [6.07, 6.45) is 4.10. The van der Waals surface area contributed by atoms with Gasteiger partial charge in [0.2, 0.25) is 0 Å². The molecule has 0 atom stereocenters. The Morgan fingerprint density at radius 3 is 2.67 bits per heavy atom. The Morgan fingerprint density at radius 2 is 1.92 bits per heavy atom. The van der Waals surface area contributed by atoms with Crippen molar-refractivity contribution >= 4 is 23.7 Å². The Labute approximate surface area is 93.6 Å². The molecule has 0 N–H and O–H groups in total. The van der Waals surface area contributed by atoms with E-state index in [-0.39, 0.29) is 34.7 Å². The zero-order valence-electron chi connectivity index (χ0n) is 5.88. The van der Waals surface area contributed by atoms with E-state index in [1.54, 1.807) is 0 Å².